The van der Waals surface area contributed by atoms with Gasteiger partial charge in [-0.05, 0) is 29.7 Å². The number of rotatable bonds is 3. The van der Waals surface area contributed by atoms with E-state index in [1.54, 1.807) is 0 Å². The fourth-order valence-electron chi connectivity index (χ4n) is 2.61. The van der Waals surface area contributed by atoms with E-state index < -0.39 is 0 Å². The molecule has 0 aliphatic rings. The van der Waals surface area contributed by atoms with Gasteiger partial charge in [-0.1, -0.05) is 43.3 Å². The van der Waals surface area contributed by atoms with E-state index in [0.29, 0.717) is 5.62 Å². The van der Waals surface area contributed by atoms with Crippen LogP contribution >= 0.6 is 17.0 Å². The summed E-state index contributed by atoms with van der Waals surface area (Å²) in [6, 6.07) is 16.8. The molecule has 0 saturated carbocycles. The molecule has 21 heavy (non-hydrogen) atoms. The van der Waals surface area contributed by atoms with Crippen molar-refractivity contribution in [2.75, 3.05) is 0 Å². The lowest BCUT2D eigenvalue weighted by molar-refractivity contribution is 0.695. The molecule has 0 atom stereocenters. The number of nitrogens with one attached hydrogen (secondary N) is 1. The zero-order valence-electron chi connectivity index (χ0n) is 12.3. The fourth-order valence-corrected chi connectivity index (χ4v) is 2.61. The summed E-state index contributed by atoms with van der Waals surface area (Å²) in [4.78, 5) is 0. The Morgan fingerprint density at radius 1 is 0.905 bits per heavy atom. The molecule has 3 nitrogen and oxygen atoms in total. The molecule has 0 aliphatic carbocycles. The molecule has 2 aromatic carbocycles. The van der Waals surface area contributed by atoms with Gasteiger partial charge in [0.05, 0.1) is 17.6 Å². The Morgan fingerprint density at radius 2 is 1.48 bits per heavy atom. The molecule has 3 aromatic rings. The second-order valence-electron chi connectivity index (χ2n) is 5.13. The molecule has 0 fully saturated rings. The van der Waals surface area contributed by atoms with Crippen molar-refractivity contribution in [2.24, 2.45) is 7.05 Å². The van der Waals surface area contributed by atoms with Gasteiger partial charge in [-0.15, -0.1) is 17.0 Å². The largest absolute Gasteiger partial charge is 0.313 e. The summed E-state index contributed by atoms with van der Waals surface area (Å²) in [5, 5.41) is 8.28. The van der Waals surface area contributed by atoms with Crippen LogP contribution in [0.1, 0.15) is 18.1 Å². The van der Waals surface area contributed by atoms with Gasteiger partial charge in [0, 0.05) is 7.05 Å². The summed E-state index contributed by atoms with van der Waals surface area (Å²) in [6.07, 6.45) is 1.06. The summed E-state index contributed by atoms with van der Waals surface area (Å²) < 4.78 is 3.98. The number of hydrogen-bond acceptors (Lipinski definition) is 1. The lowest BCUT2D eigenvalue weighted by atomic mass is 10.1. The van der Waals surface area contributed by atoms with E-state index in [1.165, 1.54) is 11.1 Å². The molecule has 0 unspecified atom stereocenters. The first-order chi connectivity index (χ1) is 9.70. The maximum Gasteiger partial charge on any atom is 0.203 e. The molecule has 0 aliphatic heterocycles. The zero-order chi connectivity index (χ0) is 14.1. The molecule has 0 radical (unpaired) electrons. The third kappa shape index (κ3) is 2.81. The van der Waals surface area contributed by atoms with Crippen LogP contribution in [0.25, 0.3) is 11.0 Å². The van der Waals surface area contributed by atoms with Crippen LogP contribution in [-0.4, -0.2) is 9.13 Å². The van der Waals surface area contributed by atoms with E-state index in [0.717, 1.165) is 24.0 Å². The van der Waals surface area contributed by atoms with Crippen molar-refractivity contribution >= 4 is 28.0 Å². The highest BCUT2D eigenvalue weighted by molar-refractivity contribution is 8.93. The van der Waals surface area contributed by atoms with Gasteiger partial charge in [-0.2, -0.15) is 0 Å². The molecule has 4 heteroatoms. The Morgan fingerprint density at radius 3 is 2.10 bits per heavy atom. The van der Waals surface area contributed by atoms with Crippen molar-refractivity contribution in [1.29, 1.82) is 5.41 Å². The third-order valence-electron chi connectivity index (χ3n) is 3.88. The summed E-state index contributed by atoms with van der Waals surface area (Å²) in [5.41, 5.74) is 5.33. The van der Waals surface area contributed by atoms with Crippen molar-refractivity contribution in [3.8, 4) is 0 Å². The van der Waals surface area contributed by atoms with Crippen molar-refractivity contribution in [3.05, 3.63) is 65.3 Å². The highest BCUT2D eigenvalue weighted by Crippen LogP contribution is 2.14. The molecular formula is C17H20BrN3. The highest BCUT2D eigenvalue weighted by Gasteiger charge is 2.07. The molecule has 1 N–H and O–H groups in total. The van der Waals surface area contributed by atoms with Gasteiger partial charge in [0.25, 0.3) is 0 Å². The van der Waals surface area contributed by atoms with E-state index in [1.807, 2.05) is 23.7 Å². The first-order valence-corrected chi connectivity index (χ1v) is 6.97. The zero-order valence-corrected chi connectivity index (χ0v) is 14.0. The van der Waals surface area contributed by atoms with Crippen molar-refractivity contribution in [1.82, 2.24) is 9.13 Å². The van der Waals surface area contributed by atoms with Crippen LogP contribution in [0.2, 0.25) is 0 Å². The lowest BCUT2D eigenvalue weighted by Crippen LogP contribution is -2.23. The number of imidazole rings is 1. The van der Waals surface area contributed by atoms with Crippen LogP contribution in [0.5, 0.6) is 0 Å². The number of benzene rings is 2. The van der Waals surface area contributed by atoms with Crippen LogP contribution in [0.15, 0.2) is 48.5 Å². The van der Waals surface area contributed by atoms with Crippen LogP contribution in [-0.2, 0) is 20.0 Å². The predicted molar refractivity (Wildman–Crippen MR) is 92.0 cm³/mol. The van der Waals surface area contributed by atoms with Gasteiger partial charge in [0.15, 0.2) is 0 Å². The molecule has 110 valence electrons. The molecule has 0 amide bonds. The minimum atomic E-state index is 0. The second-order valence-corrected chi connectivity index (χ2v) is 5.13. The predicted octanol–water partition coefficient (Wildman–Crippen LogP) is 3.65. The second kappa shape index (κ2) is 6.31. The molecule has 0 spiro atoms. The number of hydrogen-bond donors (Lipinski definition) is 1. The average molecular weight is 346 g/mol. The van der Waals surface area contributed by atoms with Crippen LogP contribution < -0.4 is 5.62 Å². The molecule has 0 bridgehead atoms. The monoisotopic (exact) mass is 345 g/mol. The molecule has 3 rings (SSSR count). The highest BCUT2D eigenvalue weighted by atomic mass is 79.9. The topological polar surface area (TPSA) is 33.7 Å². The molecular weight excluding hydrogens is 326 g/mol. The van der Waals surface area contributed by atoms with Gasteiger partial charge >= 0.3 is 0 Å². The summed E-state index contributed by atoms with van der Waals surface area (Å²) in [6.45, 7) is 2.90. The van der Waals surface area contributed by atoms with Crippen LogP contribution in [0, 0.1) is 5.41 Å². The Labute approximate surface area is 135 Å². The Bertz CT molecular complexity index is 797. The van der Waals surface area contributed by atoms with Crippen LogP contribution in [0.4, 0.5) is 0 Å². The standard InChI is InChI=1S/C17H19N3.BrH/c1-3-13-8-10-14(11-9-13)12-20-16-7-5-4-6-15(16)19(2)17(20)18;/h4-11,18H,3,12H2,1-2H3;1H. The average Bonchev–Trinajstić information content (AvgIpc) is 2.74. The van der Waals surface area contributed by atoms with Crippen molar-refractivity contribution < 1.29 is 0 Å². The van der Waals surface area contributed by atoms with E-state index in [2.05, 4.69) is 47.9 Å². The Kier molecular flexibility index (Phi) is 4.68. The van der Waals surface area contributed by atoms with Gasteiger partial charge in [0.2, 0.25) is 5.62 Å². The van der Waals surface area contributed by atoms with Crippen molar-refractivity contribution in [3.63, 3.8) is 0 Å². The summed E-state index contributed by atoms with van der Waals surface area (Å²) in [7, 11) is 1.95. The van der Waals surface area contributed by atoms with E-state index in [4.69, 9.17) is 5.41 Å². The first kappa shape index (κ1) is 15.6. The summed E-state index contributed by atoms with van der Waals surface area (Å²) >= 11 is 0. The van der Waals surface area contributed by atoms with Gasteiger partial charge in [0.1, 0.15) is 0 Å². The van der Waals surface area contributed by atoms with Crippen LogP contribution in [0.3, 0.4) is 0 Å². The van der Waals surface area contributed by atoms with E-state index >= 15 is 0 Å². The number of halogens is 1. The quantitative estimate of drug-likeness (QED) is 0.751. The number of fused-ring (bicyclic) bond motifs is 1. The van der Waals surface area contributed by atoms with E-state index in [-0.39, 0.29) is 17.0 Å². The molecule has 1 aromatic heterocycles. The third-order valence-corrected chi connectivity index (χ3v) is 3.88. The lowest BCUT2D eigenvalue weighted by Gasteiger charge is -2.06. The maximum atomic E-state index is 8.28. The number of nitrogens with zero attached hydrogens (tertiary/aromatic N) is 2. The first-order valence-electron chi connectivity index (χ1n) is 6.97. The smallest absolute Gasteiger partial charge is 0.203 e. The van der Waals surface area contributed by atoms with E-state index in [9.17, 15) is 0 Å². The minimum Gasteiger partial charge on any atom is -0.313 e. The summed E-state index contributed by atoms with van der Waals surface area (Å²) in [5.74, 6) is 0. The maximum absolute atomic E-state index is 8.28. The number of aryl methyl sites for hydroxylation is 2. The minimum absolute atomic E-state index is 0. The van der Waals surface area contributed by atoms with Gasteiger partial charge < -0.3 is 9.13 Å². The molecule has 1 heterocycles. The SMILES string of the molecule is Br.CCc1ccc(Cn2c(=N)n(C)c3ccccc32)cc1. The van der Waals surface area contributed by atoms with Gasteiger partial charge in [-0.25, -0.2) is 0 Å². The Balaban J connectivity index is 0.00000161. The van der Waals surface area contributed by atoms with Crippen molar-refractivity contribution in [2.45, 2.75) is 19.9 Å². The fraction of sp³-hybridized carbons (Fsp3) is 0.235. The molecule has 0 saturated heterocycles. The number of aromatic nitrogens is 2. The van der Waals surface area contributed by atoms with Gasteiger partial charge in [-0.3, -0.25) is 5.41 Å². The normalized spacial score (nSPS) is 10.6. The Hall–Kier alpha value is -1.81. The number of para-hydroxylation sites is 2.